The van der Waals surface area contributed by atoms with Crippen LogP contribution in [0.5, 0.6) is 11.5 Å². The van der Waals surface area contributed by atoms with Crippen LogP contribution in [0.2, 0.25) is 0 Å². The first-order valence-electron chi connectivity index (χ1n) is 7.77. The molecule has 1 fully saturated rings. The van der Waals surface area contributed by atoms with Crippen molar-refractivity contribution in [2.24, 2.45) is 0 Å². The highest BCUT2D eigenvalue weighted by molar-refractivity contribution is 7.07. The number of benzene rings is 1. The van der Waals surface area contributed by atoms with Gasteiger partial charge in [0, 0.05) is 32.7 Å². The van der Waals surface area contributed by atoms with Crippen LogP contribution < -0.4 is 14.4 Å². The minimum atomic E-state index is 0.641. The molecular weight excluding hydrogens is 296 g/mol. The topological polar surface area (TPSA) is 24.9 Å². The van der Waals surface area contributed by atoms with Crippen LogP contribution in [0.4, 0.5) is 5.69 Å². The zero-order valence-electron chi connectivity index (χ0n) is 12.5. The average molecular weight is 316 g/mol. The van der Waals surface area contributed by atoms with Crippen LogP contribution in [0.15, 0.2) is 35.0 Å². The number of nitrogens with zero attached hydrogens (tertiary/aromatic N) is 2. The van der Waals surface area contributed by atoms with Gasteiger partial charge in [-0.2, -0.15) is 11.3 Å². The summed E-state index contributed by atoms with van der Waals surface area (Å²) in [5.74, 6) is 1.80. The van der Waals surface area contributed by atoms with Gasteiger partial charge < -0.3 is 14.4 Å². The molecule has 4 rings (SSSR count). The minimum Gasteiger partial charge on any atom is -0.486 e. The van der Waals surface area contributed by atoms with Crippen molar-refractivity contribution in [2.75, 3.05) is 44.3 Å². The fourth-order valence-corrected chi connectivity index (χ4v) is 3.75. The number of piperazine rings is 1. The van der Waals surface area contributed by atoms with Gasteiger partial charge in [0.25, 0.3) is 0 Å². The van der Waals surface area contributed by atoms with Crippen LogP contribution in [0.1, 0.15) is 5.56 Å². The summed E-state index contributed by atoms with van der Waals surface area (Å²) >= 11 is 1.77. The molecule has 4 nitrogen and oxygen atoms in total. The van der Waals surface area contributed by atoms with Gasteiger partial charge in [0.05, 0.1) is 5.69 Å². The van der Waals surface area contributed by atoms with Crippen LogP contribution in [0.3, 0.4) is 0 Å². The van der Waals surface area contributed by atoms with Gasteiger partial charge in [-0.05, 0) is 34.5 Å². The van der Waals surface area contributed by atoms with Crippen LogP contribution in [0.25, 0.3) is 0 Å². The van der Waals surface area contributed by atoms with E-state index < -0.39 is 0 Å². The molecule has 0 spiro atoms. The fraction of sp³-hybridized carbons (Fsp3) is 0.412. The summed E-state index contributed by atoms with van der Waals surface area (Å²) in [7, 11) is 0. The number of fused-ring (bicyclic) bond motifs is 1. The summed E-state index contributed by atoms with van der Waals surface area (Å²) in [5, 5.41) is 4.39. The third-order valence-electron chi connectivity index (χ3n) is 4.24. The number of para-hydroxylation sites is 1. The number of anilines is 1. The third-order valence-corrected chi connectivity index (χ3v) is 4.98. The fourth-order valence-electron chi connectivity index (χ4n) is 3.10. The summed E-state index contributed by atoms with van der Waals surface area (Å²) in [6, 6.07) is 8.41. The van der Waals surface area contributed by atoms with E-state index in [4.69, 9.17) is 9.47 Å². The highest BCUT2D eigenvalue weighted by Crippen LogP contribution is 2.39. The Morgan fingerprint density at radius 1 is 1.00 bits per heavy atom. The first-order valence-corrected chi connectivity index (χ1v) is 8.71. The van der Waals surface area contributed by atoms with Gasteiger partial charge in [-0.15, -0.1) is 0 Å². The molecule has 2 aliphatic rings. The van der Waals surface area contributed by atoms with Crippen molar-refractivity contribution in [3.8, 4) is 11.5 Å². The number of ether oxygens (including phenoxy) is 2. The van der Waals surface area contributed by atoms with Gasteiger partial charge in [-0.25, -0.2) is 0 Å². The second-order valence-corrected chi connectivity index (χ2v) is 6.48. The van der Waals surface area contributed by atoms with E-state index in [1.165, 1.54) is 11.3 Å². The summed E-state index contributed by atoms with van der Waals surface area (Å²) in [6.45, 7) is 6.57. The lowest BCUT2D eigenvalue weighted by Crippen LogP contribution is -2.46. The number of hydrogen-bond donors (Lipinski definition) is 0. The molecule has 0 N–H and O–H groups in total. The molecule has 1 aromatic carbocycles. The van der Waals surface area contributed by atoms with E-state index in [1.807, 2.05) is 6.07 Å². The molecule has 2 aliphatic heterocycles. The molecule has 0 saturated carbocycles. The van der Waals surface area contributed by atoms with Crippen molar-refractivity contribution in [3.05, 3.63) is 40.6 Å². The zero-order valence-corrected chi connectivity index (χ0v) is 13.3. The smallest absolute Gasteiger partial charge is 0.184 e. The largest absolute Gasteiger partial charge is 0.486 e. The van der Waals surface area contributed by atoms with Gasteiger partial charge in [-0.1, -0.05) is 6.07 Å². The van der Waals surface area contributed by atoms with Gasteiger partial charge in [-0.3, -0.25) is 4.90 Å². The van der Waals surface area contributed by atoms with Gasteiger partial charge >= 0.3 is 0 Å². The molecule has 0 atom stereocenters. The molecule has 0 unspecified atom stereocenters. The molecule has 5 heteroatoms. The summed E-state index contributed by atoms with van der Waals surface area (Å²) < 4.78 is 11.5. The normalized spacial score (nSPS) is 18.5. The molecule has 0 bridgehead atoms. The van der Waals surface area contributed by atoms with Crippen molar-refractivity contribution < 1.29 is 9.47 Å². The lowest BCUT2D eigenvalue weighted by Gasteiger charge is -2.37. The van der Waals surface area contributed by atoms with E-state index in [1.54, 1.807) is 11.3 Å². The third kappa shape index (κ3) is 2.78. The second-order valence-electron chi connectivity index (χ2n) is 5.70. The van der Waals surface area contributed by atoms with Gasteiger partial charge in [0.1, 0.15) is 13.2 Å². The summed E-state index contributed by atoms with van der Waals surface area (Å²) in [6.07, 6.45) is 0. The average Bonchev–Trinajstić information content (AvgIpc) is 3.08. The van der Waals surface area contributed by atoms with E-state index in [0.29, 0.717) is 13.2 Å². The highest BCUT2D eigenvalue weighted by atomic mass is 32.1. The Morgan fingerprint density at radius 2 is 1.86 bits per heavy atom. The van der Waals surface area contributed by atoms with E-state index >= 15 is 0 Å². The Kier molecular flexibility index (Phi) is 3.91. The van der Waals surface area contributed by atoms with Gasteiger partial charge in [0.2, 0.25) is 0 Å². The van der Waals surface area contributed by atoms with Crippen LogP contribution in [0, 0.1) is 0 Å². The van der Waals surface area contributed by atoms with Crippen LogP contribution in [-0.4, -0.2) is 44.3 Å². The predicted molar refractivity (Wildman–Crippen MR) is 89.2 cm³/mol. The Labute approximate surface area is 134 Å². The maximum Gasteiger partial charge on any atom is 0.184 e. The van der Waals surface area contributed by atoms with E-state index in [2.05, 4.69) is 38.8 Å². The quantitative estimate of drug-likeness (QED) is 0.869. The second kappa shape index (κ2) is 6.18. The monoisotopic (exact) mass is 316 g/mol. The SMILES string of the molecule is c1cc2c(c(N3CCN(Cc4ccsc4)CC3)c1)OCCO2. The summed E-state index contributed by atoms with van der Waals surface area (Å²) in [4.78, 5) is 4.93. The van der Waals surface area contributed by atoms with Crippen LogP contribution in [-0.2, 0) is 6.54 Å². The van der Waals surface area contributed by atoms with Crippen molar-refractivity contribution in [3.63, 3.8) is 0 Å². The minimum absolute atomic E-state index is 0.641. The maximum absolute atomic E-state index is 5.84. The molecule has 116 valence electrons. The van der Waals surface area contributed by atoms with Crippen LogP contribution >= 0.6 is 11.3 Å². The molecule has 0 amide bonds. The van der Waals surface area contributed by atoms with E-state index in [-0.39, 0.29) is 0 Å². The number of thiophene rings is 1. The van der Waals surface area contributed by atoms with Crippen molar-refractivity contribution in [1.29, 1.82) is 0 Å². The number of rotatable bonds is 3. The van der Waals surface area contributed by atoms with Crippen molar-refractivity contribution in [2.45, 2.75) is 6.54 Å². The standard InChI is InChI=1S/C17H20N2O2S/c1-2-15(17-16(3-1)20-9-10-21-17)19-7-5-18(6-8-19)12-14-4-11-22-13-14/h1-4,11,13H,5-10,12H2. The molecule has 22 heavy (non-hydrogen) atoms. The van der Waals surface area contributed by atoms with E-state index in [9.17, 15) is 0 Å². The Bertz CT molecular complexity index is 622. The molecular formula is C17H20N2O2S. The summed E-state index contributed by atoms with van der Waals surface area (Å²) in [5.41, 5.74) is 2.60. The lowest BCUT2D eigenvalue weighted by molar-refractivity contribution is 0.171. The molecule has 2 aromatic rings. The molecule has 1 aromatic heterocycles. The van der Waals surface area contributed by atoms with E-state index in [0.717, 1.165) is 44.2 Å². The Hall–Kier alpha value is -1.72. The maximum atomic E-state index is 5.84. The first-order chi connectivity index (χ1) is 10.9. The predicted octanol–water partition coefficient (Wildman–Crippen LogP) is 2.84. The molecule has 0 radical (unpaired) electrons. The lowest BCUT2D eigenvalue weighted by atomic mass is 10.2. The Morgan fingerprint density at radius 3 is 2.68 bits per heavy atom. The molecule has 1 saturated heterocycles. The molecule has 3 heterocycles. The van der Waals surface area contributed by atoms with Crippen molar-refractivity contribution >= 4 is 17.0 Å². The first kappa shape index (κ1) is 13.9. The molecule has 0 aliphatic carbocycles. The van der Waals surface area contributed by atoms with Crippen molar-refractivity contribution in [1.82, 2.24) is 4.90 Å². The van der Waals surface area contributed by atoms with Gasteiger partial charge in [0.15, 0.2) is 11.5 Å². The number of hydrogen-bond acceptors (Lipinski definition) is 5. The Balaban J connectivity index is 1.43. The zero-order chi connectivity index (χ0) is 14.8. The highest BCUT2D eigenvalue weighted by Gasteiger charge is 2.23.